The molecule has 0 bridgehead atoms. The minimum atomic E-state index is -2.72. The fourth-order valence-corrected chi connectivity index (χ4v) is 2.09. The molecule has 1 unspecified atom stereocenters. The zero-order valence-corrected chi connectivity index (χ0v) is 8.34. The topological polar surface area (TPSA) is 54.4 Å². The highest BCUT2D eigenvalue weighted by molar-refractivity contribution is 7.85. The van der Waals surface area contributed by atoms with E-state index in [1.807, 2.05) is 0 Å². The van der Waals surface area contributed by atoms with Crippen molar-refractivity contribution in [2.24, 2.45) is 0 Å². The molecule has 1 atom stereocenters. The minimum Gasteiger partial charge on any atom is -0.478 e. The van der Waals surface area contributed by atoms with E-state index in [2.05, 4.69) is 0 Å². The number of carboxylic acids is 1. The molecule has 6 heteroatoms. The van der Waals surface area contributed by atoms with Crippen LogP contribution in [0.1, 0.15) is 10.4 Å². The first-order chi connectivity index (χ1) is 7.02. The largest absolute Gasteiger partial charge is 0.478 e. The molecule has 1 aromatic rings. The van der Waals surface area contributed by atoms with E-state index in [0.29, 0.717) is 0 Å². The molecule has 15 heavy (non-hydrogen) atoms. The molecule has 82 valence electrons. The van der Waals surface area contributed by atoms with Gasteiger partial charge in [0.2, 0.25) is 6.43 Å². The van der Waals surface area contributed by atoms with Crippen molar-refractivity contribution in [2.45, 2.75) is 11.3 Å². The second-order valence-electron chi connectivity index (χ2n) is 2.70. The predicted octanol–water partition coefficient (Wildman–Crippen LogP) is 1.76. The quantitative estimate of drug-likeness (QED) is 0.863. The van der Waals surface area contributed by atoms with E-state index in [1.54, 1.807) is 0 Å². The van der Waals surface area contributed by atoms with Gasteiger partial charge in [0.05, 0.1) is 27.0 Å². The highest BCUT2D eigenvalue weighted by atomic mass is 32.2. The van der Waals surface area contributed by atoms with Crippen LogP contribution in [0, 0.1) is 0 Å². The lowest BCUT2D eigenvalue weighted by atomic mass is 10.2. The SMILES string of the molecule is O=C(O)c1ccccc1S(=O)CC(F)F. The van der Waals surface area contributed by atoms with E-state index < -0.39 is 28.9 Å². The van der Waals surface area contributed by atoms with E-state index in [-0.39, 0.29) is 10.5 Å². The molecule has 0 aliphatic carbocycles. The minimum absolute atomic E-state index is 0.0645. The van der Waals surface area contributed by atoms with Crippen LogP contribution in [0.5, 0.6) is 0 Å². The van der Waals surface area contributed by atoms with Crippen LogP contribution in [0.3, 0.4) is 0 Å². The molecule has 0 aromatic heterocycles. The van der Waals surface area contributed by atoms with Crippen molar-refractivity contribution >= 4 is 16.8 Å². The summed E-state index contributed by atoms with van der Waals surface area (Å²) in [5.74, 6) is -2.11. The molecule has 1 aromatic carbocycles. The summed E-state index contributed by atoms with van der Waals surface area (Å²) in [7, 11) is -1.98. The van der Waals surface area contributed by atoms with Crippen LogP contribution in [0.2, 0.25) is 0 Å². The monoisotopic (exact) mass is 234 g/mol. The Bertz CT molecular complexity index is 393. The fourth-order valence-electron chi connectivity index (χ4n) is 1.05. The van der Waals surface area contributed by atoms with Crippen LogP contribution >= 0.6 is 0 Å². The van der Waals surface area contributed by atoms with Gasteiger partial charge in [-0.2, -0.15) is 0 Å². The molecule has 0 radical (unpaired) electrons. The summed E-state index contributed by atoms with van der Waals surface area (Å²) in [6.45, 7) is 0. The van der Waals surface area contributed by atoms with Crippen LogP contribution in [-0.4, -0.2) is 27.5 Å². The average Bonchev–Trinajstić information content (AvgIpc) is 2.16. The number of halogens is 2. The molecule has 0 aliphatic rings. The van der Waals surface area contributed by atoms with Crippen molar-refractivity contribution < 1.29 is 22.9 Å². The Morgan fingerprint density at radius 1 is 1.40 bits per heavy atom. The molecule has 0 heterocycles. The van der Waals surface area contributed by atoms with Crippen molar-refractivity contribution in [2.75, 3.05) is 5.75 Å². The first kappa shape index (κ1) is 11.8. The lowest BCUT2D eigenvalue weighted by molar-refractivity contribution is 0.0692. The number of hydrogen-bond acceptors (Lipinski definition) is 2. The van der Waals surface area contributed by atoms with Crippen molar-refractivity contribution in [3.63, 3.8) is 0 Å². The van der Waals surface area contributed by atoms with Gasteiger partial charge in [-0.3, -0.25) is 4.21 Å². The van der Waals surface area contributed by atoms with Gasteiger partial charge in [0.1, 0.15) is 0 Å². The first-order valence-electron chi connectivity index (χ1n) is 4.01. The number of alkyl halides is 2. The Morgan fingerprint density at radius 2 is 2.00 bits per heavy atom. The van der Waals surface area contributed by atoms with Crippen LogP contribution in [0.25, 0.3) is 0 Å². The van der Waals surface area contributed by atoms with Gasteiger partial charge >= 0.3 is 5.97 Å². The smallest absolute Gasteiger partial charge is 0.336 e. The molecule has 0 spiro atoms. The van der Waals surface area contributed by atoms with E-state index >= 15 is 0 Å². The number of rotatable bonds is 4. The zero-order valence-electron chi connectivity index (χ0n) is 7.52. The predicted molar refractivity (Wildman–Crippen MR) is 50.7 cm³/mol. The Kier molecular flexibility index (Phi) is 3.90. The molecule has 1 N–H and O–H groups in total. The van der Waals surface area contributed by atoms with Crippen molar-refractivity contribution in [3.8, 4) is 0 Å². The van der Waals surface area contributed by atoms with Crippen LogP contribution in [-0.2, 0) is 10.8 Å². The van der Waals surface area contributed by atoms with Gasteiger partial charge in [0.25, 0.3) is 0 Å². The zero-order chi connectivity index (χ0) is 11.4. The second-order valence-corrected chi connectivity index (χ2v) is 4.17. The van der Waals surface area contributed by atoms with Crippen molar-refractivity contribution in [1.82, 2.24) is 0 Å². The van der Waals surface area contributed by atoms with E-state index in [0.717, 1.165) is 0 Å². The number of aromatic carboxylic acids is 1. The van der Waals surface area contributed by atoms with Crippen molar-refractivity contribution in [3.05, 3.63) is 29.8 Å². The molecular formula is C9H8F2O3S. The van der Waals surface area contributed by atoms with Crippen LogP contribution in [0.15, 0.2) is 29.2 Å². The Morgan fingerprint density at radius 3 is 2.53 bits per heavy atom. The lowest BCUT2D eigenvalue weighted by Gasteiger charge is -2.04. The fraction of sp³-hybridized carbons (Fsp3) is 0.222. The summed E-state index contributed by atoms with van der Waals surface area (Å²) < 4.78 is 35.3. The molecule has 3 nitrogen and oxygen atoms in total. The number of benzene rings is 1. The van der Waals surface area contributed by atoms with E-state index in [4.69, 9.17) is 5.11 Å². The molecule has 0 aliphatic heterocycles. The highest BCUT2D eigenvalue weighted by Gasteiger charge is 2.17. The molecular weight excluding hydrogens is 226 g/mol. The molecule has 0 saturated carbocycles. The van der Waals surface area contributed by atoms with Crippen LogP contribution in [0.4, 0.5) is 8.78 Å². The van der Waals surface area contributed by atoms with Gasteiger partial charge in [-0.15, -0.1) is 0 Å². The Labute approximate surface area is 87.2 Å². The summed E-state index contributed by atoms with van der Waals surface area (Å²) in [5.41, 5.74) is -0.198. The number of hydrogen-bond donors (Lipinski definition) is 1. The van der Waals surface area contributed by atoms with Gasteiger partial charge in [0, 0.05) is 0 Å². The van der Waals surface area contributed by atoms with E-state index in [1.165, 1.54) is 24.3 Å². The van der Waals surface area contributed by atoms with Gasteiger partial charge in [-0.05, 0) is 12.1 Å². The van der Waals surface area contributed by atoms with Gasteiger partial charge in [0.15, 0.2) is 0 Å². The number of carboxylic acid groups (broad SMARTS) is 1. The van der Waals surface area contributed by atoms with Crippen molar-refractivity contribution in [1.29, 1.82) is 0 Å². The summed E-state index contributed by atoms with van der Waals surface area (Å²) in [6.07, 6.45) is -2.72. The second kappa shape index (κ2) is 4.97. The lowest BCUT2D eigenvalue weighted by Crippen LogP contribution is -2.11. The maximum absolute atomic E-state index is 12.0. The third-order valence-electron chi connectivity index (χ3n) is 1.64. The maximum Gasteiger partial charge on any atom is 0.336 e. The normalized spacial score (nSPS) is 12.7. The van der Waals surface area contributed by atoms with E-state index in [9.17, 15) is 17.8 Å². The highest BCUT2D eigenvalue weighted by Crippen LogP contribution is 2.15. The summed E-state index contributed by atoms with van der Waals surface area (Å²) in [5, 5.41) is 8.73. The molecule has 1 rings (SSSR count). The molecule has 0 amide bonds. The Balaban J connectivity index is 3.03. The number of carbonyl (C=O) groups is 1. The maximum atomic E-state index is 12.0. The molecule has 0 fully saturated rings. The third kappa shape index (κ3) is 3.09. The average molecular weight is 234 g/mol. The van der Waals surface area contributed by atoms with Crippen LogP contribution < -0.4 is 0 Å². The molecule has 0 saturated heterocycles. The first-order valence-corrected chi connectivity index (χ1v) is 5.33. The van der Waals surface area contributed by atoms with Gasteiger partial charge < -0.3 is 5.11 Å². The summed E-state index contributed by atoms with van der Waals surface area (Å²) >= 11 is 0. The summed E-state index contributed by atoms with van der Waals surface area (Å²) in [4.78, 5) is 10.6. The standard InChI is InChI=1S/C9H8F2O3S/c10-8(11)5-15(14)7-4-2-1-3-6(7)9(12)13/h1-4,8H,5H2,(H,12,13). The summed E-state index contributed by atoms with van der Waals surface area (Å²) in [6, 6.07) is 5.43. The van der Waals surface area contributed by atoms with Gasteiger partial charge in [-0.1, -0.05) is 12.1 Å². The third-order valence-corrected chi connectivity index (χ3v) is 3.04. The van der Waals surface area contributed by atoms with Gasteiger partial charge in [-0.25, -0.2) is 13.6 Å². The Hall–Kier alpha value is -1.30.